The molecule has 0 bridgehead atoms. The van der Waals surface area contributed by atoms with E-state index < -0.39 is 0 Å². The molecule has 1 atom stereocenters. The molecule has 0 saturated heterocycles. The lowest BCUT2D eigenvalue weighted by Crippen LogP contribution is -2.11. The van der Waals surface area contributed by atoms with Crippen molar-refractivity contribution in [2.45, 2.75) is 33.7 Å². The van der Waals surface area contributed by atoms with Crippen LogP contribution in [0.2, 0.25) is 0 Å². The monoisotopic (exact) mass is 286 g/mol. The summed E-state index contributed by atoms with van der Waals surface area (Å²) in [7, 11) is 0. The maximum atomic E-state index is 6.11. The number of thiophene rings is 1. The lowest BCUT2D eigenvalue weighted by atomic mass is 10.1. The zero-order valence-corrected chi connectivity index (χ0v) is 13.0. The van der Waals surface area contributed by atoms with Gasteiger partial charge in [-0.3, -0.25) is 4.57 Å². The van der Waals surface area contributed by atoms with Gasteiger partial charge in [0.15, 0.2) is 5.65 Å². The first-order chi connectivity index (χ1) is 9.47. The maximum Gasteiger partial charge on any atom is 0.203 e. The first-order valence-electron chi connectivity index (χ1n) is 6.64. The Morgan fingerprint density at radius 2 is 2.00 bits per heavy atom. The molecule has 3 rings (SSSR count). The topological polar surface area (TPSA) is 56.7 Å². The highest BCUT2D eigenvalue weighted by molar-refractivity contribution is 7.12. The van der Waals surface area contributed by atoms with Crippen LogP contribution in [0.4, 0.5) is 5.95 Å². The second kappa shape index (κ2) is 4.59. The SMILES string of the molecule is Cc1cnc2c(c1)nc(N)n2C(C)c1cc(C)sc1C. The van der Waals surface area contributed by atoms with Crippen LogP contribution in [0.25, 0.3) is 11.2 Å². The van der Waals surface area contributed by atoms with Crippen LogP contribution in [-0.4, -0.2) is 14.5 Å². The van der Waals surface area contributed by atoms with Crippen LogP contribution >= 0.6 is 11.3 Å². The number of rotatable bonds is 2. The third-order valence-electron chi connectivity index (χ3n) is 3.61. The highest BCUT2D eigenvalue weighted by Crippen LogP contribution is 2.32. The van der Waals surface area contributed by atoms with Crippen molar-refractivity contribution < 1.29 is 0 Å². The Balaban J connectivity index is 2.18. The van der Waals surface area contributed by atoms with Crippen molar-refractivity contribution in [1.82, 2.24) is 14.5 Å². The number of pyridine rings is 1. The fraction of sp³-hybridized carbons (Fsp3) is 0.333. The molecule has 0 aromatic carbocycles. The van der Waals surface area contributed by atoms with Gasteiger partial charge in [0.25, 0.3) is 0 Å². The minimum Gasteiger partial charge on any atom is -0.369 e. The Labute approximate surface area is 122 Å². The molecule has 3 aromatic rings. The zero-order valence-electron chi connectivity index (χ0n) is 12.1. The quantitative estimate of drug-likeness (QED) is 0.783. The molecule has 0 spiro atoms. The molecule has 0 saturated carbocycles. The predicted octanol–water partition coefficient (Wildman–Crippen LogP) is 3.61. The van der Waals surface area contributed by atoms with Crippen LogP contribution < -0.4 is 5.73 Å². The second-order valence-electron chi connectivity index (χ2n) is 5.24. The molecule has 5 heteroatoms. The first-order valence-corrected chi connectivity index (χ1v) is 7.46. The van der Waals surface area contributed by atoms with E-state index in [1.807, 2.05) is 35.1 Å². The van der Waals surface area contributed by atoms with Crippen molar-refractivity contribution in [1.29, 1.82) is 0 Å². The van der Waals surface area contributed by atoms with E-state index in [-0.39, 0.29) is 6.04 Å². The summed E-state index contributed by atoms with van der Waals surface area (Å²) < 4.78 is 2.02. The number of hydrogen-bond donors (Lipinski definition) is 1. The van der Waals surface area contributed by atoms with Crippen molar-refractivity contribution in [3.63, 3.8) is 0 Å². The van der Waals surface area contributed by atoms with E-state index in [2.05, 4.69) is 36.8 Å². The Morgan fingerprint density at radius 1 is 1.25 bits per heavy atom. The standard InChI is InChI=1S/C15H18N4S/c1-8-5-13-14(17-7-8)19(15(16)18-13)10(3)12-6-9(2)20-11(12)4/h5-7,10H,1-4H3,(H2,16,18). The Bertz CT molecular complexity index is 785. The Hall–Kier alpha value is -1.88. The summed E-state index contributed by atoms with van der Waals surface area (Å²) in [6.45, 7) is 8.44. The smallest absolute Gasteiger partial charge is 0.203 e. The van der Waals surface area contributed by atoms with E-state index in [1.54, 1.807) is 0 Å². The molecule has 4 nitrogen and oxygen atoms in total. The van der Waals surface area contributed by atoms with Crippen LogP contribution in [0.5, 0.6) is 0 Å². The van der Waals surface area contributed by atoms with Crippen LogP contribution in [-0.2, 0) is 0 Å². The van der Waals surface area contributed by atoms with Gasteiger partial charge in [0.2, 0.25) is 5.95 Å². The molecule has 0 aliphatic carbocycles. The van der Waals surface area contributed by atoms with Crippen molar-refractivity contribution in [2.75, 3.05) is 5.73 Å². The maximum absolute atomic E-state index is 6.11. The molecule has 0 aliphatic rings. The molecule has 0 aliphatic heterocycles. The fourth-order valence-electron chi connectivity index (χ4n) is 2.69. The van der Waals surface area contributed by atoms with Gasteiger partial charge >= 0.3 is 0 Å². The van der Waals surface area contributed by atoms with E-state index in [4.69, 9.17) is 5.73 Å². The molecule has 0 fully saturated rings. The zero-order chi connectivity index (χ0) is 14.4. The number of nitrogens with two attached hydrogens (primary N) is 1. The molecule has 2 N–H and O–H groups in total. The number of fused-ring (bicyclic) bond motifs is 1. The summed E-state index contributed by atoms with van der Waals surface area (Å²) in [5.74, 6) is 0.522. The third-order valence-corrected chi connectivity index (χ3v) is 4.59. The molecule has 0 radical (unpaired) electrons. The van der Waals surface area contributed by atoms with Gasteiger partial charge in [-0.1, -0.05) is 0 Å². The Kier molecular flexibility index (Phi) is 3.01. The second-order valence-corrected chi connectivity index (χ2v) is 6.70. The number of aromatic nitrogens is 3. The van der Waals surface area contributed by atoms with Gasteiger partial charge in [-0.2, -0.15) is 0 Å². The van der Waals surface area contributed by atoms with Crippen molar-refractivity contribution in [2.24, 2.45) is 0 Å². The van der Waals surface area contributed by atoms with E-state index in [1.165, 1.54) is 15.3 Å². The molecule has 20 heavy (non-hydrogen) atoms. The molecular weight excluding hydrogens is 268 g/mol. The van der Waals surface area contributed by atoms with E-state index >= 15 is 0 Å². The minimum atomic E-state index is 0.139. The van der Waals surface area contributed by atoms with Gasteiger partial charge in [0, 0.05) is 16.0 Å². The third kappa shape index (κ3) is 1.98. The van der Waals surface area contributed by atoms with Crippen LogP contribution in [0.1, 0.15) is 33.8 Å². The summed E-state index contributed by atoms with van der Waals surface area (Å²) in [6.07, 6.45) is 1.86. The van der Waals surface area contributed by atoms with Gasteiger partial charge in [-0.05, 0) is 51.0 Å². The van der Waals surface area contributed by atoms with Gasteiger partial charge in [-0.15, -0.1) is 11.3 Å². The molecule has 3 aromatic heterocycles. The van der Waals surface area contributed by atoms with Gasteiger partial charge < -0.3 is 5.73 Å². The highest BCUT2D eigenvalue weighted by Gasteiger charge is 2.19. The lowest BCUT2D eigenvalue weighted by molar-refractivity contribution is 0.661. The largest absolute Gasteiger partial charge is 0.369 e. The molecule has 104 valence electrons. The number of nitrogen functional groups attached to an aromatic ring is 1. The van der Waals surface area contributed by atoms with Gasteiger partial charge in [-0.25, -0.2) is 9.97 Å². The van der Waals surface area contributed by atoms with Crippen LogP contribution in [0, 0.1) is 20.8 Å². The van der Waals surface area contributed by atoms with E-state index in [0.717, 1.165) is 16.7 Å². The molecular formula is C15H18N4S. The number of aryl methyl sites for hydroxylation is 3. The van der Waals surface area contributed by atoms with E-state index in [0.29, 0.717) is 5.95 Å². The number of nitrogens with zero attached hydrogens (tertiary/aromatic N) is 3. The average molecular weight is 286 g/mol. The number of hydrogen-bond acceptors (Lipinski definition) is 4. The summed E-state index contributed by atoms with van der Waals surface area (Å²) in [4.78, 5) is 11.6. The van der Waals surface area contributed by atoms with Gasteiger partial charge in [0.05, 0.1) is 6.04 Å². The van der Waals surface area contributed by atoms with Crippen molar-refractivity contribution in [3.8, 4) is 0 Å². The van der Waals surface area contributed by atoms with Crippen molar-refractivity contribution in [3.05, 3.63) is 39.2 Å². The fourth-order valence-corrected chi connectivity index (χ4v) is 3.70. The van der Waals surface area contributed by atoms with Crippen LogP contribution in [0.3, 0.4) is 0 Å². The average Bonchev–Trinajstić information content (AvgIpc) is 2.87. The normalized spacial score (nSPS) is 13.0. The highest BCUT2D eigenvalue weighted by atomic mass is 32.1. The summed E-state index contributed by atoms with van der Waals surface area (Å²) in [5.41, 5.74) is 10.2. The van der Waals surface area contributed by atoms with Crippen molar-refractivity contribution >= 4 is 28.4 Å². The number of anilines is 1. The number of imidazole rings is 1. The van der Waals surface area contributed by atoms with E-state index in [9.17, 15) is 0 Å². The van der Waals surface area contributed by atoms with Crippen LogP contribution in [0.15, 0.2) is 18.3 Å². The minimum absolute atomic E-state index is 0.139. The lowest BCUT2D eigenvalue weighted by Gasteiger charge is -2.15. The predicted molar refractivity (Wildman–Crippen MR) is 84.3 cm³/mol. The molecule has 3 heterocycles. The first kappa shape index (κ1) is 13.1. The Morgan fingerprint density at radius 3 is 2.65 bits per heavy atom. The molecule has 1 unspecified atom stereocenters. The summed E-state index contributed by atoms with van der Waals surface area (Å²) in [6, 6.07) is 4.39. The molecule has 0 amide bonds. The summed E-state index contributed by atoms with van der Waals surface area (Å²) in [5, 5.41) is 0. The van der Waals surface area contributed by atoms with Gasteiger partial charge in [0.1, 0.15) is 5.52 Å². The summed E-state index contributed by atoms with van der Waals surface area (Å²) >= 11 is 1.81.